The molecule has 0 spiro atoms. The monoisotopic (exact) mass is 441 g/mol. The molecule has 0 saturated heterocycles. The molecule has 1 aliphatic rings. The minimum absolute atomic E-state index is 0.294. The Hall–Kier alpha value is -4.14. The molecule has 2 aromatic carbocycles. The summed E-state index contributed by atoms with van der Waals surface area (Å²) in [6.45, 7) is 0. The number of terminal acetylenes is 1. The van der Waals surface area contributed by atoms with Gasteiger partial charge in [0.25, 0.3) is 0 Å². The van der Waals surface area contributed by atoms with Gasteiger partial charge in [-0.1, -0.05) is 48.5 Å². The lowest BCUT2D eigenvalue weighted by atomic mass is 9.88. The molecule has 1 fully saturated rings. The summed E-state index contributed by atoms with van der Waals surface area (Å²) in [5.74, 6) is 1.99. The number of nitriles is 1. The maximum atomic E-state index is 12.3. The summed E-state index contributed by atoms with van der Waals surface area (Å²) < 4.78 is 0. The van der Waals surface area contributed by atoms with Crippen molar-refractivity contribution >= 4 is 29.1 Å². The Morgan fingerprint density at radius 3 is 2.50 bits per heavy atom. The van der Waals surface area contributed by atoms with Crippen LogP contribution in [0.3, 0.4) is 0 Å². The Morgan fingerprint density at radius 2 is 1.91 bits per heavy atom. The largest absolute Gasteiger partial charge is 0.368 e. The van der Waals surface area contributed by atoms with Crippen LogP contribution in [0.2, 0.25) is 0 Å². The molecule has 8 heteroatoms. The molecule has 0 aliphatic heterocycles. The Kier molecular flexibility index (Phi) is 5.63. The van der Waals surface area contributed by atoms with E-state index >= 15 is 0 Å². The summed E-state index contributed by atoms with van der Waals surface area (Å²) in [5, 5.41) is 16.8. The lowest BCUT2D eigenvalue weighted by molar-refractivity contribution is -0.119. The number of benzene rings is 2. The summed E-state index contributed by atoms with van der Waals surface area (Å²) in [4.78, 5) is 28.4. The van der Waals surface area contributed by atoms with Crippen LogP contribution in [-0.2, 0) is 10.2 Å². The van der Waals surface area contributed by atoms with Crippen molar-refractivity contribution in [3.63, 3.8) is 0 Å². The fraction of sp³-hybridized carbons (Fsp3) is 0.167. The number of anilines is 1. The van der Waals surface area contributed by atoms with Gasteiger partial charge in [-0.25, -0.2) is 9.78 Å². The molecule has 158 valence electrons. The maximum absolute atomic E-state index is 12.3. The van der Waals surface area contributed by atoms with Crippen molar-refractivity contribution in [2.45, 2.75) is 24.3 Å². The average Bonchev–Trinajstić information content (AvgIpc) is 3.49. The van der Waals surface area contributed by atoms with E-state index in [0.717, 1.165) is 29.5 Å². The minimum atomic E-state index is -1.03. The normalized spacial score (nSPS) is 14.4. The first-order valence-corrected chi connectivity index (χ1v) is 10.7. The van der Waals surface area contributed by atoms with Crippen LogP contribution >= 0.6 is 11.3 Å². The molecule has 32 heavy (non-hydrogen) atoms. The molecule has 3 aromatic rings. The Balaban J connectivity index is 1.53. The number of carbonyl (C=O) groups excluding carboxylic acids is 2. The molecule has 1 saturated carbocycles. The first-order chi connectivity index (χ1) is 15.5. The van der Waals surface area contributed by atoms with E-state index in [0.29, 0.717) is 16.4 Å². The van der Waals surface area contributed by atoms with Gasteiger partial charge in [0.1, 0.15) is 11.9 Å². The van der Waals surface area contributed by atoms with Crippen LogP contribution in [0.15, 0.2) is 53.9 Å². The molecule has 4 N–H and O–H groups in total. The molecule has 0 radical (unpaired) electrons. The molecule has 7 nitrogen and oxygen atoms in total. The Bertz CT molecular complexity index is 1260. The molecule has 1 unspecified atom stereocenters. The van der Waals surface area contributed by atoms with Gasteiger partial charge in [-0.15, -0.1) is 17.8 Å². The lowest BCUT2D eigenvalue weighted by Gasteiger charge is -2.17. The van der Waals surface area contributed by atoms with Crippen molar-refractivity contribution in [3.8, 4) is 29.5 Å². The van der Waals surface area contributed by atoms with Gasteiger partial charge in [0.05, 0.1) is 11.5 Å². The number of nitrogens with zero attached hydrogens (tertiary/aromatic N) is 2. The number of rotatable bonds is 6. The van der Waals surface area contributed by atoms with E-state index in [9.17, 15) is 14.9 Å². The van der Waals surface area contributed by atoms with Crippen LogP contribution < -0.4 is 16.4 Å². The fourth-order valence-corrected chi connectivity index (χ4v) is 4.13. The zero-order chi connectivity index (χ0) is 22.7. The van der Waals surface area contributed by atoms with Gasteiger partial charge in [0.15, 0.2) is 5.01 Å². The number of carbonyl (C=O) groups is 2. The first-order valence-electron chi connectivity index (χ1n) is 9.86. The highest BCUT2D eigenvalue weighted by molar-refractivity contribution is 7.10. The zero-order valence-electron chi connectivity index (χ0n) is 17.0. The van der Waals surface area contributed by atoms with Crippen LogP contribution in [0, 0.1) is 23.7 Å². The van der Waals surface area contributed by atoms with Gasteiger partial charge in [0, 0.05) is 5.38 Å². The highest BCUT2D eigenvalue weighted by atomic mass is 32.1. The molecule has 1 atom stereocenters. The van der Waals surface area contributed by atoms with Crippen LogP contribution in [0.5, 0.6) is 0 Å². The van der Waals surface area contributed by atoms with Crippen LogP contribution in [0.1, 0.15) is 35.0 Å². The number of urea groups is 1. The molecule has 1 heterocycles. The smallest absolute Gasteiger partial charge is 0.321 e. The topological polar surface area (TPSA) is 121 Å². The van der Waals surface area contributed by atoms with E-state index < -0.39 is 23.4 Å². The number of nitrogens with one attached hydrogen (secondary N) is 2. The summed E-state index contributed by atoms with van der Waals surface area (Å²) in [6.07, 6.45) is 6.98. The van der Waals surface area contributed by atoms with E-state index in [2.05, 4.69) is 27.6 Å². The predicted molar refractivity (Wildman–Crippen MR) is 123 cm³/mol. The van der Waals surface area contributed by atoms with Crippen molar-refractivity contribution in [1.29, 1.82) is 5.26 Å². The molecule has 0 bridgehead atoms. The van der Waals surface area contributed by atoms with Crippen molar-refractivity contribution in [3.05, 3.63) is 70.0 Å². The van der Waals surface area contributed by atoms with E-state index in [1.54, 1.807) is 17.5 Å². The second kappa shape index (κ2) is 8.54. The van der Waals surface area contributed by atoms with Crippen LogP contribution in [0.4, 0.5) is 10.6 Å². The van der Waals surface area contributed by atoms with Gasteiger partial charge < -0.3 is 11.1 Å². The van der Waals surface area contributed by atoms with Gasteiger partial charge in [0.2, 0.25) is 5.91 Å². The zero-order valence-corrected chi connectivity index (χ0v) is 17.8. The van der Waals surface area contributed by atoms with E-state index in [1.165, 1.54) is 11.3 Å². The highest BCUT2D eigenvalue weighted by Crippen LogP contribution is 2.50. The maximum Gasteiger partial charge on any atom is 0.321 e. The summed E-state index contributed by atoms with van der Waals surface area (Å²) in [5.41, 5.74) is 8.56. The van der Waals surface area contributed by atoms with Crippen LogP contribution in [-0.4, -0.2) is 16.9 Å². The Labute approximate surface area is 189 Å². The van der Waals surface area contributed by atoms with Crippen molar-refractivity contribution < 1.29 is 9.59 Å². The highest BCUT2D eigenvalue weighted by Gasteiger charge is 2.46. The molecule has 3 amide bonds. The number of hydrogen-bond donors (Lipinski definition) is 3. The van der Waals surface area contributed by atoms with Gasteiger partial charge in [-0.05, 0) is 41.0 Å². The first kappa shape index (κ1) is 21.1. The quantitative estimate of drug-likeness (QED) is 0.505. The standard InChI is InChI=1S/C24H19N5O2S/c1-2-20-27-19(13-32-20)28-23(31)29-21(22(26)30)16-9-7-15(8-10-16)17-5-3-4-6-18(17)24(14-25)11-12-24/h1,3-10,13,21H,11-12H2,(H2,26,30)(H2,28,29,31). The lowest BCUT2D eigenvalue weighted by Crippen LogP contribution is -2.39. The number of amides is 3. The summed E-state index contributed by atoms with van der Waals surface area (Å²) in [6, 6.07) is 15.8. The summed E-state index contributed by atoms with van der Waals surface area (Å²) in [7, 11) is 0. The molecular weight excluding hydrogens is 422 g/mol. The summed E-state index contributed by atoms with van der Waals surface area (Å²) >= 11 is 1.22. The van der Waals surface area contributed by atoms with E-state index in [-0.39, 0.29) is 0 Å². The fourth-order valence-electron chi connectivity index (χ4n) is 3.57. The molecule has 1 aromatic heterocycles. The molecule has 4 rings (SSSR count). The van der Waals surface area contributed by atoms with Gasteiger partial charge in [-0.3, -0.25) is 10.1 Å². The molecular formula is C24H19N5O2S. The van der Waals surface area contributed by atoms with Crippen molar-refractivity contribution in [2.24, 2.45) is 5.73 Å². The van der Waals surface area contributed by atoms with Crippen molar-refractivity contribution in [2.75, 3.05) is 5.32 Å². The average molecular weight is 442 g/mol. The second-order valence-electron chi connectivity index (χ2n) is 7.48. The third-order valence-corrected chi connectivity index (χ3v) is 6.16. The third-order valence-electron chi connectivity index (χ3n) is 5.39. The van der Waals surface area contributed by atoms with E-state index in [1.807, 2.05) is 36.4 Å². The number of thiazole rings is 1. The number of nitrogens with two attached hydrogens (primary N) is 1. The van der Waals surface area contributed by atoms with Gasteiger partial charge in [-0.2, -0.15) is 5.26 Å². The predicted octanol–water partition coefficient (Wildman–Crippen LogP) is 3.69. The number of hydrogen-bond acceptors (Lipinski definition) is 5. The van der Waals surface area contributed by atoms with E-state index in [4.69, 9.17) is 12.2 Å². The second-order valence-corrected chi connectivity index (χ2v) is 8.34. The van der Waals surface area contributed by atoms with Gasteiger partial charge >= 0.3 is 6.03 Å². The van der Waals surface area contributed by atoms with Crippen molar-refractivity contribution in [1.82, 2.24) is 10.3 Å². The SMILES string of the molecule is C#Cc1nc(NC(=O)NC(C(N)=O)c2ccc(-c3ccccc3C3(C#N)CC3)cc2)cs1. The molecule has 1 aliphatic carbocycles. The number of aromatic nitrogens is 1. The van der Waals surface area contributed by atoms with Crippen LogP contribution in [0.25, 0.3) is 11.1 Å². The number of primary amides is 1. The third kappa shape index (κ3) is 4.18. The minimum Gasteiger partial charge on any atom is -0.368 e. The Morgan fingerprint density at radius 1 is 1.19 bits per heavy atom.